The number of pyridine rings is 1. The zero-order valence-electron chi connectivity index (χ0n) is 11.3. The highest BCUT2D eigenvalue weighted by atomic mass is 19.1. The molecule has 2 aromatic heterocycles. The van der Waals surface area contributed by atoms with Crippen LogP contribution in [0.2, 0.25) is 0 Å². The lowest BCUT2D eigenvalue weighted by Crippen LogP contribution is -2.09. The smallest absolute Gasteiger partial charge is 0.243 e. The van der Waals surface area contributed by atoms with E-state index in [1.54, 1.807) is 16.6 Å². The highest BCUT2D eigenvalue weighted by molar-refractivity contribution is 5.46. The third kappa shape index (κ3) is 2.34. The molecule has 4 nitrogen and oxygen atoms in total. The van der Waals surface area contributed by atoms with Crippen LogP contribution >= 0.6 is 0 Å². The van der Waals surface area contributed by atoms with Crippen LogP contribution in [0.3, 0.4) is 0 Å². The fourth-order valence-corrected chi connectivity index (χ4v) is 2.14. The van der Waals surface area contributed by atoms with Gasteiger partial charge in [0.1, 0.15) is 5.82 Å². The van der Waals surface area contributed by atoms with Gasteiger partial charge >= 0.3 is 0 Å². The Bertz CT molecular complexity index is 750. The Morgan fingerprint density at radius 3 is 2.85 bits per heavy atom. The number of nitrogens with zero attached hydrogens (tertiary/aromatic N) is 3. The Balaban J connectivity index is 1.87. The van der Waals surface area contributed by atoms with Crippen LogP contribution in [0, 0.1) is 12.7 Å². The Morgan fingerprint density at radius 2 is 2.05 bits per heavy atom. The van der Waals surface area contributed by atoms with Crippen molar-refractivity contribution in [2.24, 2.45) is 0 Å². The first-order valence-electron chi connectivity index (χ1n) is 6.47. The number of fused-ring (bicyclic) bond motifs is 1. The number of benzene rings is 1. The van der Waals surface area contributed by atoms with Gasteiger partial charge in [0.25, 0.3) is 0 Å². The van der Waals surface area contributed by atoms with Gasteiger partial charge in [-0.05, 0) is 37.6 Å². The molecule has 0 fully saturated rings. The largest absolute Gasteiger partial charge is 0.346 e. The van der Waals surface area contributed by atoms with Gasteiger partial charge < -0.3 is 5.32 Å². The van der Waals surface area contributed by atoms with Gasteiger partial charge in [-0.1, -0.05) is 18.2 Å². The second-order valence-corrected chi connectivity index (χ2v) is 4.83. The minimum atomic E-state index is -0.230. The van der Waals surface area contributed by atoms with Crippen LogP contribution in [0.15, 0.2) is 42.6 Å². The van der Waals surface area contributed by atoms with Crippen LogP contribution in [-0.2, 0) is 0 Å². The van der Waals surface area contributed by atoms with E-state index in [0.717, 1.165) is 11.2 Å². The van der Waals surface area contributed by atoms with Gasteiger partial charge in [0.15, 0.2) is 5.65 Å². The maximum absolute atomic E-state index is 13.7. The first-order chi connectivity index (χ1) is 9.63. The summed E-state index contributed by atoms with van der Waals surface area (Å²) in [6.45, 7) is 3.89. The van der Waals surface area contributed by atoms with E-state index in [4.69, 9.17) is 0 Å². The van der Waals surface area contributed by atoms with Gasteiger partial charge in [0.05, 0.1) is 6.04 Å². The van der Waals surface area contributed by atoms with Gasteiger partial charge in [0, 0.05) is 11.8 Å². The zero-order chi connectivity index (χ0) is 14.1. The minimum Gasteiger partial charge on any atom is -0.346 e. The lowest BCUT2D eigenvalue weighted by atomic mass is 10.1. The average Bonchev–Trinajstić information content (AvgIpc) is 2.80. The molecule has 0 saturated heterocycles. The van der Waals surface area contributed by atoms with E-state index < -0.39 is 0 Å². The van der Waals surface area contributed by atoms with Crippen molar-refractivity contribution in [2.45, 2.75) is 19.9 Å². The molecule has 20 heavy (non-hydrogen) atoms. The van der Waals surface area contributed by atoms with Crippen LogP contribution in [0.5, 0.6) is 0 Å². The summed E-state index contributed by atoms with van der Waals surface area (Å²) >= 11 is 0. The van der Waals surface area contributed by atoms with E-state index in [0.29, 0.717) is 11.5 Å². The summed E-state index contributed by atoms with van der Waals surface area (Å²) in [7, 11) is 0. The van der Waals surface area contributed by atoms with E-state index in [2.05, 4.69) is 15.4 Å². The minimum absolute atomic E-state index is 0.199. The monoisotopic (exact) mass is 270 g/mol. The van der Waals surface area contributed by atoms with Crippen molar-refractivity contribution in [3.05, 3.63) is 59.5 Å². The standard InChI is InChI=1S/C15H15FN4/c1-10-7-8-20-14(9-10)18-15(19-20)17-11(2)12-5-3-4-6-13(12)16/h3-9,11H,1-2H3,(H,17,19). The summed E-state index contributed by atoms with van der Waals surface area (Å²) in [5, 5.41) is 7.45. The lowest BCUT2D eigenvalue weighted by Gasteiger charge is -2.13. The third-order valence-corrected chi connectivity index (χ3v) is 3.21. The fraction of sp³-hybridized carbons (Fsp3) is 0.200. The quantitative estimate of drug-likeness (QED) is 0.793. The first-order valence-corrected chi connectivity index (χ1v) is 6.47. The van der Waals surface area contributed by atoms with Gasteiger partial charge in [-0.15, -0.1) is 5.10 Å². The molecule has 0 amide bonds. The molecule has 0 aliphatic carbocycles. The fourth-order valence-electron chi connectivity index (χ4n) is 2.14. The van der Waals surface area contributed by atoms with Gasteiger partial charge in [-0.3, -0.25) is 0 Å². The van der Waals surface area contributed by atoms with Crippen molar-refractivity contribution >= 4 is 11.6 Å². The number of halogens is 1. The summed E-state index contributed by atoms with van der Waals surface area (Å²) in [6.07, 6.45) is 1.86. The summed E-state index contributed by atoms with van der Waals surface area (Å²) in [4.78, 5) is 4.39. The number of anilines is 1. The second-order valence-electron chi connectivity index (χ2n) is 4.83. The zero-order valence-corrected chi connectivity index (χ0v) is 11.3. The molecule has 5 heteroatoms. The highest BCUT2D eigenvalue weighted by Gasteiger charge is 2.12. The molecule has 0 aliphatic heterocycles. The molecule has 0 saturated carbocycles. The Hall–Kier alpha value is -2.43. The van der Waals surface area contributed by atoms with Crippen molar-refractivity contribution < 1.29 is 4.39 Å². The Labute approximate surface area is 116 Å². The molecule has 0 aliphatic rings. The molecule has 1 aromatic carbocycles. The summed E-state index contributed by atoms with van der Waals surface area (Å²) < 4.78 is 15.4. The van der Waals surface area contributed by atoms with Gasteiger partial charge in [-0.2, -0.15) is 4.98 Å². The summed E-state index contributed by atoms with van der Waals surface area (Å²) in [5.41, 5.74) is 2.49. The van der Waals surface area contributed by atoms with Crippen molar-refractivity contribution in [1.29, 1.82) is 0 Å². The molecular weight excluding hydrogens is 255 g/mol. The number of aryl methyl sites for hydroxylation is 1. The number of hydrogen-bond donors (Lipinski definition) is 1. The predicted molar refractivity (Wildman–Crippen MR) is 76.2 cm³/mol. The lowest BCUT2D eigenvalue weighted by molar-refractivity contribution is 0.599. The molecule has 2 heterocycles. The van der Waals surface area contributed by atoms with Crippen molar-refractivity contribution in [3.8, 4) is 0 Å². The molecule has 3 aromatic rings. The van der Waals surface area contributed by atoms with E-state index >= 15 is 0 Å². The predicted octanol–water partition coefficient (Wildman–Crippen LogP) is 3.35. The molecular formula is C15H15FN4. The molecule has 0 bridgehead atoms. The van der Waals surface area contributed by atoms with Crippen LogP contribution in [0.1, 0.15) is 24.1 Å². The number of aromatic nitrogens is 3. The first kappa shape index (κ1) is 12.6. The van der Waals surface area contributed by atoms with Crippen molar-refractivity contribution in [3.63, 3.8) is 0 Å². The molecule has 1 atom stereocenters. The average molecular weight is 270 g/mol. The second kappa shape index (κ2) is 4.92. The summed E-state index contributed by atoms with van der Waals surface area (Å²) in [6, 6.07) is 10.4. The van der Waals surface area contributed by atoms with Crippen molar-refractivity contribution in [1.82, 2.24) is 14.6 Å². The maximum Gasteiger partial charge on any atom is 0.243 e. The molecule has 102 valence electrons. The molecule has 1 N–H and O–H groups in total. The molecule has 0 spiro atoms. The number of rotatable bonds is 3. The van der Waals surface area contributed by atoms with E-state index in [1.807, 2.05) is 38.2 Å². The van der Waals surface area contributed by atoms with Crippen molar-refractivity contribution in [2.75, 3.05) is 5.32 Å². The third-order valence-electron chi connectivity index (χ3n) is 3.21. The van der Waals surface area contributed by atoms with Gasteiger partial charge in [0.2, 0.25) is 5.95 Å². The van der Waals surface area contributed by atoms with E-state index in [1.165, 1.54) is 6.07 Å². The Kier molecular flexibility index (Phi) is 3.10. The Morgan fingerprint density at radius 1 is 1.25 bits per heavy atom. The SMILES string of the molecule is Cc1ccn2nc(NC(C)c3ccccc3F)nc2c1. The van der Waals surface area contributed by atoms with Crippen LogP contribution < -0.4 is 5.32 Å². The van der Waals surface area contributed by atoms with Gasteiger partial charge in [-0.25, -0.2) is 8.91 Å². The topological polar surface area (TPSA) is 42.2 Å². The van der Waals surface area contributed by atoms with E-state index in [-0.39, 0.29) is 11.9 Å². The molecule has 3 rings (SSSR count). The molecule has 1 unspecified atom stereocenters. The number of hydrogen-bond acceptors (Lipinski definition) is 3. The van der Waals surface area contributed by atoms with E-state index in [9.17, 15) is 4.39 Å². The maximum atomic E-state index is 13.7. The van der Waals surface area contributed by atoms with Crippen LogP contribution in [0.4, 0.5) is 10.3 Å². The number of nitrogens with one attached hydrogen (secondary N) is 1. The normalized spacial score (nSPS) is 12.6. The highest BCUT2D eigenvalue weighted by Crippen LogP contribution is 2.20. The summed E-state index contributed by atoms with van der Waals surface area (Å²) in [5.74, 6) is 0.262. The van der Waals surface area contributed by atoms with Crippen LogP contribution in [-0.4, -0.2) is 14.6 Å². The molecule has 0 radical (unpaired) electrons. The van der Waals surface area contributed by atoms with Crippen LogP contribution in [0.25, 0.3) is 5.65 Å².